The van der Waals surface area contributed by atoms with E-state index in [-0.39, 0.29) is 11.8 Å². The van der Waals surface area contributed by atoms with E-state index in [1.807, 2.05) is 6.08 Å². The number of rotatable bonds is 2. The highest BCUT2D eigenvalue weighted by Gasteiger charge is 2.22. The quantitative estimate of drug-likeness (QED) is 0.592. The van der Waals surface area contributed by atoms with Crippen molar-refractivity contribution >= 4 is 5.97 Å². The maximum absolute atomic E-state index is 10.5. The van der Waals surface area contributed by atoms with Crippen LogP contribution in [0.5, 0.6) is 0 Å². The molecule has 1 rings (SSSR count). The summed E-state index contributed by atoms with van der Waals surface area (Å²) in [5, 5.41) is 8.61. The predicted octanol–water partition coefficient (Wildman–Crippen LogP) is 1.67. The molecule has 2 heteroatoms. The average Bonchev–Trinajstić information content (AvgIpc) is 2.36. The van der Waals surface area contributed by atoms with Crippen LogP contribution in [0, 0.1) is 11.8 Å². The average molecular weight is 140 g/mol. The van der Waals surface area contributed by atoms with Crippen molar-refractivity contribution in [3.05, 3.63) is 12.2 Å². The Labute approximate surface area is 60.6 Å². The molecule has 2 nitrogen and oxygen atoms in total. The van der Waals surface area contributed by atoms with Crippen molar-refractivity contribution in [2.45, 2.75) is 19.8 Å². The summed E-state index contributed by atoms with van der Waals surface area (Å²) in [6.45, 7) is 1.77. The zero-order chi connectivity index (χ0) is 7.56. The van der Waals surface area contributed by atoms with Gasteiger partial charge in [-0.3, -0.25) is 4.79 Å². The van der Waals surface area contributed by atoms with Crippen molar-refractivity contribution in [2.75, 3.05) is 0 Å². The summed E-state index contributed by atoms with van der Waals surface area (Å²) in [6, 6.07) is 0. The number of carboxylic acids is 1. The molecule has 2 unspecified atom stereocenters. The lowest BCUT2D eigenvalue weighted by Gasteiger charge is -2.11. The minimum atomic E-state index is -0.684. The minimum absolute atomic E-state index is 0.209. The van der Waals surface area contributed by atoms with Gasteiger partial charge in [-0.1, -0.05) is 19.1 Å². The van der Waals surface area contributed by atoms with Crippen LogP contribution in [0.15, 0.2) is 12.2 Å². The van der Waals surface area contributed by atoms with Gasteiger partial charge in [0.15, 0.2) is 0 Å². The molecule has 0 aromatic heterocycles. The van der Waals surface area contributed by atoms with Crippen LogP contribution in [-0.4, -0.2) is 11.1 Å². The van der Waals surface area contributed by atoms with Crippen molar-refractivity contribution in [2.24, 2.45) is 11.8 Å². The van der Waals surface area contributed by atoms with Crippen molar-refractivity contribution in [1.82, 2.24) is 0 Å². The molecule has 0 radical (unpaired) electrons. The second kappa shape index (κ2) is 2.86. The Hall–Kier alpha value is -0.790. The monoisotopic (exact) mass is 140 g/mol. The first kappa shape index (κ1) is 7.32. The van der Waals surface area contributed by atoms with E-state index in [4.69, 9.17) is 5.11 Å². The first-order valence-corrected chi connectivity index (χ1v) is 3.61. The molecule has 2 atom stereocenters. The predicted molar refractivity (Wildman–Crippen MR) is 38.7 cm³/mol. The highest BCUT2D eigenvalue weighted by molar-refractivity contribution is 5.70. The molecule has 0 amide bonds. The van der Waals surface area contributed by atoms with E-state index in [1.165, 1.54) is 0 Å². The van der Waals surface area contributed by atoms with Crippen LogP contribution in [0.3, 0.4) is 0 Å². The normalized spacial score (nSPS) is 26.7. The molecular weight excluding hydrogens is 128 g/mol. The molecule has 0 saturated carbocycles. The molecule has 0 spiro atoms. The molecule has 1 aliphatic carbocycles. The van der Waals surface area contributed by atoms with Gasteiger partial charge in [-0.25, -0.2) is 0 Å². The number of allylic oxidation sites excluding steroid dienone is 2. The number of hydrogen-bond acceptors (Lipinski definition) is 1. The van der Waals surface area contributed by atoms with Crippen LogP contribution >= 0.6 is 0 Å². The van der Waals surface area contributed by atoms with Crippen LogP contribution in [0.4, 0.5) is 0 Å². The van der Waals surface area contributed by atoms with Gasteiger partial charge in [0.25, 0.3) is 0 Å². The molecule has 0 heterocycles. The Kier molecular flexibility index (Phi) is 2.10. The molecule has 1 N–H and O–H groups in total. The topological polar surface area (TPSA) is 37.3 Å². The second-order valence-electron chi connectivity index (χ2n) is 2.80. The maximum Gasteiger partial charge on any atom is 0.306 e. The van der Waals surface area contributed by atoms with Crippen molar-refractivity contribution < 1.29 is 9.90 Å². The van der Waals surface area contributed by atoms with Gasteiger partial charge in [0, 0.05) is 0 Å². The van der Waals surface area contributed by atoms with Gasteiger partial charge in [-0.15, -0.1) is 0 Å². The van der Waals surface area contributed by atoms with Gasteiger partial charge >= 0.3 is 5.97 Å². The zero-order valence-corrected chi connectivity index (χ0v) is 6.08. The smallest absolute Gasteiger partial charge is 0.306 e. The van der Waals surface area contributed by atoms with E-state index in [9.17, 15) is 4.79 Å². The van der Waals surface area contributed by atoms with Crippen LogP contribution in [0.2, 0.25) is 0 Å². The van der Waals surface area contributed by atoms with Gasteiger partial charge in [-0.2, -0.15) is 0 Å². The fourth-order valence-corrected chi connectivity index (χ4v) is 1.26. The van der Waals surface area contributed by atoms with Gasteiger partial charge in [0.05, 0.1) is 5.92 Å². The Morgan fingerprint density at radius 3 is 2.90 bits per heavy atom. The Balaban J connectivity index is 2.48. The van der Waals surface area contributed by atoms with E-state index in [0.717, 1.165) is 12.8 Å². The fraction of sp³-hybridized carbons (Fsp3) is 0.625. The summed E-state index contributed by atoms with van der Waals surface area (Å²) in [7, 11) is 0. The molecular formula is C8H12O2. The molecule has 0 aromatic rings. The van der Waals surface area contributed by atoms with Crippen LogP contribution in [0.1, 0.15) is 19.8 Å². The third-order valence-electron chi connectivity index (χ3n) is 2.08. The van der Waals surface area contributed by atoms with Gasteiger partial charge in [0.2, 0.25) is 0 Å². The standard InChI is InChI=1S/C8H12O2/c1-6(8(9)10)7-4-2-3-5-7/h2,4,6-7H,3,5H2,1H3,(H,9,10). The SMILES string of the molecule is CC(C(=O)O)C1C=CCC1. The molecule has 56 valence electrons. The summed E-state index contributed by atoms with van der Waals surface area (Å²) in [4.78, 5) is 10.5. The molecule has 1 aliphatic rings. The Bertz CT molecular complexity index is 161. The Morgan fingerprint density at radius 1 is 1.80 bits per heavy atom. The number of hydrogen-bond donors (Lipinski definition) is 1. The van der Waals surface area contributed by atoms with Gasteiger partial charge in [-0.05, 0) is 18.8 Å². The van der Waals surface area contributed by atoms with Crippen LogP contribution in [0.25, 0.3) is 0 Å². The summed E-state index contributed by atoms with van der Waals surface area (Å²) in [5.41, 5.74) is 0. The second-order valence-corrected chi connectivity index (χ2v) is 2.80. The van der Waals surface area contributed by atoms with Crippen molar-refractivity contribution in [1.29, 1.82) is 0 Å². The van der Waals surface area contributed by atoms with Crippen molar-refractivity contribution in [3.63, 3.8) is 0 Å². The molecule has 10 heavy (non-hydrogen) atoms. The van der Waals surface area contributed by atoms with E-state index >= 15 is 0 Å². The molecule has 0 saturated heterocycles. The highest BCUT2D eigenvalue weighted by Crippen LogP contribution is 2.24. The summed E-state index contributed by atoms with van der Waals surface area (Å²) < 4.78 is 0. The van der Waals surface area contributed by atoms with E-state index in [1.54, 1.807) is 6.92 Å². The molecule has 0 fully saturated rings. The lowest BCUT2D eigenvalue weighted by atomic mass is 9.94. The number of carbonyl (C=O) groups is 1. The zero-order valence-electron chi connectivity index (χ0n) is 6.08. The number of aliphatic carboxylic acids is 1. The third kappa shape index (κ3) is 1.38. The van der Waals surface area contributed by atoms with E-state index in [2.05, 4.69) is 6.08 Å². The molecule has 0 aromatic carbocycles. The lowest BCUT2D eigenvalue weighted by molar-refractivity contribution is -0.142. The maximum atomic E-state index is 10.5. The largest absolute Gasteiger partial charge is 0.481 e. The highest BCUT2D eigenvalue weighted by atomic mass is 16.4. The summed E-state index contributed by atoms with van der Waals surface area (Å²) in [6.07, 6.45) is 6.12. The minimum Gasteiger partial charge on any atom is -0.481 e. The van der Waals surface area contributed by atoms with Crippen LogP contribution < -0.4 is 0 Å². The van der Waals surface area contributed by atoms with Gasteiger partial charge < -0.3 is 5.11 Å². The Morgan fingerprint density at radius 2 is 2.50 bits per heavy atom. The first-order chi connectivity index (χ1) is 4.72. The van der Waals surface area contributed by atoms with E-state index < -0.39 is 5.97 Å². The fourth-order valence-electron chi connectivity index (χ4n) is 1.26. The molecule has 0 bridgehead atoms. The van der Waals surface area contributed by atoms with Crippen LogP contribution in [-0.2, 0) is 4.79 Å². The first-order valence-electron chi connectivity index (χ1n) is 3.61. The van der Waals surface area contributed by atoms with Gasteiger partial charge in [0.1, 0.15) is 0 Å². The number of carboxylic acid groups (broad SMARTS) is 1. The summed E-state index contributed by atoms with van der Waals surface area (Å²) in [5.74, 6) is -0.618. The third-order valence-corrected chi connectivity index (χ3v) is 2.08. The lowest BCUT2D eigenvalue weighted by Crippen LogP contribution is -2.17. The van der Waals surface area contributed by atoms with E-state index in [0.29, 0.717) is 0 Å². The van der Waals surface area contributed by atoms with Crippen molar-refractivity contribution in [3.8, 4) is 0 Å². The molecule has 0 aliphatic heterocycles. The summed E-state index contributed by atoms with van der Waals surface area (Å²) >= 11 is 0.